The van der Waals surface area contributed by atoms with Crippen molar-refractivity contribution in [2.24, 2.45) is 0 Å². The summed E-state index contributed by atoms with van der Waals surface area (Å²) in [6.07, 6.45) is 2.53. The lowest BCUT2D eigenvalue weighted by molar-refractivity contribution is -0.131. The van der Waals surface area contributed by atoms with Crippen LogP contribution in [0.2, 0.25) is 0 Å². The fourth-order valence-electron chi connectivity index (χ4n) is 2.20. The van der Waals surface area contributed by atoms with Crippen molar-refractivity contribution in [3.63, 3.8) is 0 Å². The molecule has 1 fully saturated rings. The molecule has 0 atom stereocenters. The van der Waals surface area contributed by atoms with Gasteiger partial charge < -0.3 is 9.64 Å². The fourth-order valence-corrected chi connectivity index (χ4v) is 3.66. The Morgan fingerprint density at radius 1 is 1.41 bits per heavy atom. The Labute approximate surface area is 136 Å². The van der Waals surface area contributed by atoms with Crippen molar-refractivity contribution in [2.75, 3.05) is 7.11 Å². The van der Waals surface area contributed by atoms with E-state index in [9.17, 15) is 9.59 Å². The first-order valence-corrected chi connectivity index (χ1v) is 8.78. The van der Waals surface area contributed by atoms with Crippen molar-refractivity contribution in [3.05, 3.63) is 38.5 Å². The summed E-state index contributed by atoms with van der Waals surface area (Å²) >= 11 is 2.99. The molecule has 0 aliphatic heterocycles. The number of amides is 1. The molecular weight excluding hydrogens is 320 g/mol. The van der Waals surface area contributed by atoms with Crippen LogP contribution in [-0.2, 0) is 22.5 Å². The Kier molecular flexibility index (Phi) is 4.54. The van der Waals surface area contributed by atoms with Crippen molar-refractivity contribution in [3.8, 4) is 0 Å². The third kappa shape index (κ3) is 3.53. The van der Waals surface area contributed by atoms with Gasteiger partial charge in [-0.25, -0.2) is 9.78 Å². The summed E-state index contributed by atoms with van der Waals surface area (Å²) in [6.45, 7) is 0.469. The zero-order valence-corrected chi connectivity index (χ0v) is 13.8. The molecule has 2 aromatic heterocycles. The maximum Gasteiger partial charge on any atom is 0.357 e. The van der Waals surface area contributed by atoms with Gasteiger partial charge in [0.2, 0.25) is 5.91 Å². The van der Waals surface area contributed by atoms with E-state index in [0.717, 1.165) is 22.7 Å². The van der Waals surface area contributed by atoms with Gasteiger partial charge in [0.05, 0.1) is 20.1 Å². The van der Waals surface area contributed by atoms with E-state index in [1.807, 2.05) is 22.4 Å². The molecule has 116 valence electrons. The molecule has 1 saturated carbocycles. The van der Waals surface area contributed by atoms with Gasteiger partial charge >= 0.3 is 5.97 Å². The molecule has 22 heavy (non-hydrogen) atoms. The average Bonchev–Trinajstić information content (AvgIpc) is 3.02. The van der Waals surface area contributed by atoms with Crippen LogP contribution >= 0.6 is 22.7 Å². The highest BCUT2D eigenvalue weighted by atomic mass is 32.1. The minimum Gasteiger partial charge on any atom is -0.464 e. The number of methoxy groups -OCH3 is 1. The van der Waals surface area contributed by atoms with Crippen LogP contribution in [0.1, 0.15) is 33.2 Å². The molecule has 2 heterocycles. The van der Waals surface area contributed by atoms with E-state index in [4.69, 9.17) is 0 Å². The lowest BCUT2D eigenvalue weighted by Crippen LogP contribution is -2.33. The molecule has 5 nitrogen and oxygen atoms in total. The maximum absolute atomic E-state index is 12.5. The number of esters is 1. The van der Waals surface area contributed by atoms with Crippen LogP contribution in [0.25, 0.3) is 0 Å². The SMILES string of the molecule is COC(=O)c1csc(CN(C(=O)Cc2cccs2)C2CC2)n1. The van der Waals surface area contributed by atoms with Gasteiger partial charge in [0, 0.05) is 16.3 Å². The fraction of sp³-hybridized carbons (Fsp3) is 0.400. The molecule has 7 heteroatoms. The number of thiophene rings is 1. The molecule has 1 amide bonds. The number of carbonyl (C=O) groups is 2. The molecule has 3 rings (SSSR count). The van der Waals surface area contributed by atoms with Crippen molar-refractivity contribution >= 4 is 34.6 Å². The van der Waals surface area contributed by atoms with Crippen LogP contribution < -0.4 is 0 Å². The highest BCUT2D eigenvalue weighted by Crippen LogP contribution is 2.30. The number of hydrogen-bond donors (Lipinski definition) is 0. The molecule has 0 N–H and O–H groups in total. The van der Waals surface area contributed by atoms with Gasteiger partial charge in [-0.3, -0.25) is 4.79 Å². The van der Waals surface area contributed by atoms with Crippen LogP contribution in [0.4, 0.5) is 0 Å². The number of rotatable bonds is 6. The van der Waals surface area contributed by atoms with Gasteiger partial charge in [-0.2, -0.15) is 0 Å². The van der Waals surface area contributed by atoms with Gasteiger partial charge in [0.1, 0.15) is 5.01 Å². The Balaban J connectivity index is 1.68. The second-order valence-corrected chi connectivity index (χ2v) is 7.10. The van der Waals surface area contributed by atoms with Crippen LogP contribution in [0, 0.1) is 0 Å². The topological polar surface area (TPSA) is 59.5 Å². The second kappa shape index (κ2) is 6.58. The van der Waals surface area contributed by atoms with Gasteiger partial charge in [0.15, 0.2) is 5.69 Å². The standard InChI is InChI=1S/C15H16N2O3S2/c1-20-15(19)12-9-22-13(16-12)8-17(10-4-5-10)14(18)7-11-3-2-6-21-11/h2-3,6,9-10H,4-5,7-8H2,1H3. The van der Waals surface area contributed by atoms with E-state index in [1.165, 1.54) is 18.4 Å². The molecule has 1 aliphatic carbocycles. The number of ether oxygens (including phenoxy) is 1. The molecule has 0 saturated heterocycles. The lowest BCUT2D eigenvalue weighted by Gasteiger charge is -2.21. The van der Waals surface area contributed by atoms with Gasteiger partial charge in [-0.1, -0.05) is 6.07 Å². The minimum atomic E-state index is -0.439. The number of carbonyl (C=O) groups excluding carboxylic acids is 2. The smallest absolute Gasteiger partial charge is 0.357 e. The summed E-state index contributed by atoms with van der Waals surface area (Å²) in [5, 5.41) is 4.43. The highest BCUT2D eigenvalue weighted by Gasteiger charge is 2.33. The summed E-state index contributed by atoms with van der Waals surface area (Å²) in [7, 11) is 1.34. The molecular formula is C15H16N2O3S2. The Morgan fingerprint density at radius 3 is 2.86 bits per heavy atom. The van der Waals surface area contributed by atoms with Crippen molar-refractivity contribution in [2.45, 2.75) is 31.8 Å². The third-order valence-electron chi connectivity index (χ3n) is 3.47. The van der Waals surface area contributed by atoms with Crippen molar-refractivity contribution in [1.82, 2.24) is 9.88 Å². The van der Waals surface area contributed by atoms with E-state index in [0.29, 0.717) is 24.7 Å². The lowest BCUT2D eigenvalue weighted by atomic mass is 10.3. The monoisotopic (exact) mass is 336 g/mol. The number of aromatic nitrogens is 1. The first kappa shape index (κ1) is 15.2. The summed E-state index contributed by atoms with van der Waals surface area (Å²) in [5.41, 5.74) is 0.309. The quantitative estimate of drug-likeness (QED) is 0.761. The van der Waals surface area contributed by atoms with E-state index in [1.54, 1.807) is 16.7 Å². The normalized spacial score (nSPS) is 13.9. The summed E-state index contributed by atoms with van der Waals surface area (Å²) in [5.74, 6) is -0.315. The van der Waals surface area contributed by atoms with E-state index in [-0.39, 0.29) is 5.91 Å². The molecule has 0 radical (unpaired) electrons. The number of hydrogen-bond acceptors (Lipinski definition) is 6. The Morgan fingerprint density at radius 2 is 2.23 bits per heavy atom. The second-order valence-electron chi connectivity index (χ2n) is 5.13. The Hall–Kier alpha value is -1.73. The van der Waals surface area contributed by atoms with Gasteiger partial charge in [-0.15, -0.1) is 22.7 Å². The van der Waals surface area contributed by atoms with Crippen LogP contribution in [0.5, 0.6) is 0 Å². The zero-order valence-electron chi connectivity index (χ0n) is 12.2. The maximum atomic E-state index is 12.5. The van der Waals surface area contributed by atoms with E-state index in [2.05, 4.69) is 9.72 Å². The largest absolute Gasteiger partial charge is 0.464 e. The average molecular weight is 336 g/mol. The molecule has 0 unspecified atom stereocenters. The predicted octanol–water partition coefficient (Wildman–Crippen LogP) is 2.72. The number of thiazole rings is 1. The summed E-state index contributed by atoms with van der Waals surface area (Å²) in [6, 6.07) is 4.25. The van der Waals surface area contributed by atoms with E-state index < -0.39 is 5.97 Å². The molecule has 0 bridgehead atoms. The summed E-state index contributed by atoms with van der Waals surface area (Å²) < 4.78 is 4.66. The van der Waals surface area contributed by atoms with Crippen molar-refractivity contribution < 1.29 is 14.3 Å². The first-order valence-electron chi connectivity index (χ1n) is 7.02. The van der Waals surface area contributed by atoms with E-state index >= 15 is 0 Å². The Bertz CT molecular complexity index is 662. The molecule has 0 spiro atoms. The first-order chi connectivity index (χ1) is 10.7. The van der Waals surface area contributed by atoms with Gasteiger partial charge in [0.25, 0.3) is 0 Å². The molecule has 0 aromatic carbocycles. The predicted molar refractivity (Wildman–Crippen MR) is 85.0 cm³/mol. The molecule has 1 aliphatic rings. The highest BCUT2D eigenvalue weighted by molar-refractivity contribution is 7.10. The minimum absolute atomic E-state index is 0.125. The third-order valence-corrected chi connectivity index (χ3v) is 5.18. The van der Waals surface area contributed by atoms with Gasteiger partial charge in [-0.05, 0) is 24.3 Å². The van der Waals surface area contributed by atoms with Crippen molar-refractivity contribution in [1.29, 1.82) is 0 Å². The zero-order chi connectivity index (χ0) is 15.5. The summed E-state index contributed by atoms with van der Waals surface area (Å²) in [4.78, 5) is 31.2. The number of nitrogens with zero attached hydrogens (tertiary/aromatic N) is 2. The van der Waals surface area contributed by atoms with Crippen LogP contribution in [0.3, 0.4) is 0 Å². The molecule has 2 aromatic rings. The van der Waals surface area contributed by atoms with Crippen LogP contribution in [-0.4, -0.2) is 34.9 Å². The van der Waals surface area contributed by atoms with Crippen LogP contribution in [0.15, 0.2) is 22.9 Å².